The maximum absolute atomic E-state index is 11.6. The van der Waals surface area contributed by atoms with Gasteiger partial charge in [0, 0.05) is 6.07 Å². The average Bonchev–Trinajstić information content (AvgIpc) is 2.39. The second-order valence-electron chi connectivity index (χ2n) is 3.59. The molecule has 0 saturated heterocycles. The minimum absolute atomic E-state index is 0.0191. The van der Waals surface area contributed by atoms with Crippen LogP contribution in [0.5, 0.6) is 5.75 Å². The van der Waals surface area contributed by atoms with E-state index in [2.05, 4.69) is 10.3 Å². The van der Waals surface area contributed by atoms with E-state index in [0.29, 0.717) is 5.75 Å². The summed E-state index contributed by atoms with van der Waals surface area (Å²) in [6.45, 7) is 0. The van der Waals surface area contributed by atoms with E-state index in [9.17, 15) is 14.9 Å². The Kier molecular flexibility index (Phi) is 4.11. The van der Waals surface area contributed by atoms with Crippen molar-refractivity contribution in [2.45, 2.75) is 0 Å². The van der Waals surface area contributed by atoms with E-state index < -0.39 is 11.0 Å². The summed E-state index contributed by atoms with van der Waals surface area (Å²) in [4.78, 5) is 25.4. The Balaban J connectivity index is 2.15. The molecule has 0 unspecified atom stereocenters. The minimum Gasteiger partial charge on any atom is -0.410 e. The van der Waals surface area contributed by atoms with Crippen molar-refractivity contribution >= 4 is 29.2 Å². The molecule has 0 spiro atoms. The number of hydrogen-bond acceptors (Lipinski definition) is 5. The Bertz CT molecular complexity index is 648. The van der Waals surface area contributed by atoms with Crippen LogP contribution in [0.1, 0.15) is 0 Å². The van der Waals surface area contributed by atoms with Crippen LogP contribution in [-0.4, -0.2) is 16.0 Å². The van der Waals surface area contributed by atoms with Gasteiger partial charge < -0.3 is 4.74 Å². The first-order valence-electron chi connectivity index (χ1n) is 5.41. The number of ether oxygens (including phenoxy) is 1. The van der Waals surface area contributed by atoms with Crippen LogP contribution in [0.2, 0.25) is 5.15 Å². The summed E-state index contributed by atoms with van der Waals surface area (Å²) in [6.07, 6.45) is -0.894. The van der Waals surface area contributed by atoms with Crippen molar-refractivity contribution in [2.24, 2.45) is 0 Å². The summed E-state index contributed by atoms with van der Waals surface area (Å²) < 4.78 is 4.94. The third-order valence-corrected chi connectivity index (χ3v) is 2.42. The lowest BCUT2D eigenvalue weighted by molar-refractivity contribution is -0.384. The van der Waals surface area contributed by atoms with E-state index in [1.807, 2.05) is 0 Å². The van der Waals surface area contributed by atoms with Gasteiger partial charge >= 0.3 is 11.8 Å². The highest BCUT2D eigenvalue weighted by Crippen LogP contribution is 2.24. The molecule has 0 radical (unpaired) electrons. The monoisotopic (exact) mass is 293 g/mol. The van der Waals surface area contributed by atoms with Gasteiger partial charge in [0.15, 0.2) is 0 Å². The van der Waals surface area contributed by atoms with Gasteiger partial charge in [-0.15, -0.1) is 0 Å². The number of nitrogens with zero attached hydrogens (tertiary/aromatic N) is 2. The molecule has 7 nitrogen and oxygen atoms in total. The predicted octanol–water partition coefficient (Wildman–Crippen LogP) is 3.25. The lowest BCUT2D eigenvalue weighted by atomic mass is 10.3. The lowest BCUT2D eigenvalue weighted by Gasteiger charge is -2.06. The van der Waals surface area contributed by atoms with Crippen molar-refractivity contribution in [1.29, 1.82) is 0 Å². The summed E-state index contributed by atoms with van der Waals surface area (Å²) in [7, 11) is 0. The molecular formula is C12H8ClN3O4. The number of amides is 1. The van der Waals surface area contributed by atoms with Gasteiger partial charge in [-0.1, -0.05) is 29.8 Å². The molecular weight excluding hydrogens is 286 g/mol. The summed E-state index contributed by atoms with van der Waals surface area (Å²) in [5, 5.41) is 13.0. The number of aromatic nitrogens is 1. The number of anilines is 1. The Hall–Kier alpha value is -2.67. The van der Waals surface area contributed by atoms with Crippen LogP contribution < -0.4 is 10.1 Å². The number of hydrogen-bond donors (Lipinski definition) is 1. The smallest absolute Gasteiger partial charge is 0.410 e. The number of rotatable bonds is 3. The van der Waals surface area contributed by atoms with Crippen LogP contribution in [-0.2, 0) is 0 Å². The fraction of sp³-hybridized carbons (Fsp3) is 0. The fourth-order valence-electron chi connectivity index (χ4n) is 1.39. The molecule has 1 aromatic carbocycles. The number of carbonyl (C=O) groups excluding carboxylic acids is 1. The number of nitro groups is 1. The lowest BCUT2D eigenvalue weighted by Crippen LogP contribution is -2.18. The molecule has 1 amide bonds. The molecule has 0 saturated carbocycles. The number of carbonyl (C=O) groups is 1. The van der Waals surface area contributed by atoms with Gasteiger partial charge in [-0.05, 0) is 18.2 Å². The van der Waals surface area contributed by atoms with Crippen LogP contribution in [0.4, 0.5) is 16.3 Å². The summed E-state index contributed by atoms with van der Waals surface area (Å²) in [5.41, 5.74) is -0.376. The zero-order chi connectivity index (χ0) is 14.5. The predicted molar refractivity (Wildman–Crippen MR) is 72.0 cm³/mol. The van der Waals surface area contributed by atoms with E-state index in [1.54, 1.807) is 30.3 Å². The van der Waals surface area contributed by atoms with Gasteiger partial charge in [0.05, 0.1) is 4.92 Å². The molecule has 1 aromatic heterocycles. The van der Waals surface area contributed by atoms with E-state index in [1.165, 1.54) is 6.07 Å². The third-order valence-electron chi connectivity index (χ3n) is 2.21. The molecule has 8 heteroatoms. The SMILES string of the molecule is O=C(Nc1nc(Cl)ccc1[N+](=O)[O-])Oc1ccccc1. The first-order valence-corrected chi connectivity index (χ1v) is 5.79. The number of benzene rings is 1. The molecule has 0 atom stereocenters. The molecule has 2 rings (SSSR count). The van der Waals surface area contributed by atoms with Crippen LogP contribution >= 0.6 is 11.6 Å². The summed E-state index contributed by atoms with van der Waals surface area (Å²) in [6, 6.07) is 10.7. The molecule has 102 valence electrons. The number of para-hydroxylation sites is 1. The molecule has 2 aromatic rings. The Morgan fingerprint density at radius 1 is 1.25 bits per heavy atom. The average molecular weight is 294 g/mol. The van der Waals surface area contributed by atoms with E-state index in [-0.39, 0.29) is 16.7 Å². The molecule has 1 N–H and O–H groups in total. The number of nitrogens with one attached hydrogen (secondary N) is 1. The molecule has 0 fully saturated rings. The van der Waals surface area contributed by atoms with Crippen molar-refractivity contribution < 1.29 is 14.5 Å². The second kappa shape index (κ2) is 5.98. The molecule has 1 heterocycles. The Morgan fingerprint density at radius 2 is 1.95 bits per heavy atom. The zero-order valence-corrected chi connectivity index (χ0v) is 10.7. The van der Waals surface area contributed by atoms with Gasteiger partial charge in [-0.25, -0.2) is 9.78 Å². The van der Waals surface area contributed by atoms with Gasteiger partial charge in [0.25, 0.3) is 0 Å². The minimum atomic E-state index is -0.894. The highest BCUT2D eigenvalue weighted by atomic mass is 35.5. The van der Waals surface area contributed by atoms with E-state index >= 15 is 0 Å². The zero-order valence-electron chi connectivity index (χ0n) is 9.95. The first kappa shape index (κ1) is 13.8. The van der Waals surface area contributed by atoms with Crippen LogP contribution in [0.25, 0.3) is 0 Å². The quantitative estimate of drug-likeness (QED) is 0.532. The van der Waals surface area contributed by atoms with Gasteiger partial charge in [-0.2, -0.15) is 0 Å². The van der Waals surface area contributed by atoms with Crippen molar-refractivity contribution in [2.75, 3.05) is 5.32 Å². The summed E-state index contributed by atoms with van der Waals surface area (Å²) >= 11 is 5.64. The van der Waals surface area contributed by atoms with Gasteiger partial charge in [0.1, 0.15) is 10.9 Å². The van der Waals surface area contributed by atoms with E-state index in [0.717, 1.165) is 6.07 Å². The topological polar surface area (TPSA) is 94.4 Å². The standard InChI is InChI=1S/C12H8ClN3O4/c13-10-7-6-9(16(18)19)11(14-10)15-12(17)20-8-4-2-1-3-5-8/h1-7H,(H,14,15,17). The van der Waals surface area contributed by atoms with Gasteiger partial charge in [-0.3, -0.25) is 15.4 Å². The van der Waals surface area contributed by atoms with Crippen LogP contribution in [0.3, 0.4) is 0 Å². The van der Waals surface area contributed by atoms with Crippen molar-refractivity contribution in [3.05, 3.63) is 57.7 Å². The largest absolute Gasteiger partial charge is 0.418 e. The maximum atomic E-state index is 11.6. The van der Waals surface area contributed by atoms with Crippen molar-refractivity contribution in [3.8, 4) is 5.75 Å². The number of pyridine rings is 1. The molecule has 0 bridgehead atoms. The van der Waals surface area contributed by atoms with Crippen molar-refractivity contribution in [3.63, 3.8) is 0 Å². The maximum Gasteiger partial charge on any atom is 0.418 e. The Labute approximate surface area is 118 Å². The first-order chi connectivity index (χ1) is 9.56. The van der Waals surface area contributed by atoms with Crippen molar-refractivity contribution in [1.82, 2.24) is 4.98 Å². The molecule has 0 aliphatic rings. The fourth-order valence-corrected chi connectivity index (χ4v) is 1.53. The van der Waals surface area contributed by atoms with Crippen LogP contribution in [0.15, 0.2) is 42.5 Å². The van der Waals surface area contributed by atoms with Gasteiger partial charge in [0.2, 0.25) is 5.82 Å². The molecule has 20 heavy (non-hydrogen) atoms. The Morgan fingerprint density at radius 3 is 2.60 bits per heavy atom. The van der Waals surface area contributed by atoms with E-state index in [4.69, 9.17) is 16.3 Å². The third kappa shape index (κ3) is 3.42. The molecule has 0 aliphatic carbocycles. The normalized spacial score (nSPS) is 9.85. The second-order valence-corrected chi connectivity index (χ2v) is 3.97. The highest BCUT2D eigenvalue weighted by molar-refractivity contribution is 6.29. The van der Waals surface area contributed by atoms with Crippen LogP contribution in [0, 0.1) is 10.1 Å². The summed E-state index contributed by atoms with van der Waals surface area (Å²) in [5.74, 6) is 0.0260. The highest BCUT2D eigenvalue weighted by Gasteiger charge is 2.18. The molecule has 0 aliphatic heterocycles. The number of halogens is 1.